The topological polar surface area (TPSA) is 83.5 Å². The molecule has 19 heavy (non-hydrogen) atoms. The summed E-state index contributed by atoms with van der Waals surface area (Å²) in [4.78, 5) is 11.0. The van der Waals surface area contributed by atoms with Crippen LogP contribution in [-0.2, 0) is 10.0 Å². The second-order valence-electron chi connectivity index (χ2n) is 4.50. The lowest BCUT2D eigenvalue weighted by atomic mass is 10.1. The molecule has 0 unspecified atom stereocenters. The Morgan fingerprint density at radius 3 is 2.42 bits per heavy atom. The Morgan fingerprint density at radius 2 is 1.95 bits per heavy atom. The molecule has 1 rings (SSSR count). The van der Waals surface area contributed by atoms with Crippen LogP contribution in [0.3, 0.4) is 0 Å². The van der Waals surface area contributed by atoms with E-state index in [1.807, 2.05) is 0 Å². The summed E-state index contributed by atoms with van der Waals surface area (Å²) in [7, 11) is -3.74. The number of rotatable bonds is 5. The van der Waals surface area contributed by atoms with E-state index < -0.39 is 16.0 Å². The van der Waals surface area contributed by atoms with Crippen molar-refractivity contribution in [2.75, 3.05) is 6.54 Å². The predicted octanol–water partition coefficient (Wildman–Crippen LogP) is 1.86. The number of nitrogens with one attached hydrogen (secondary N) is 1. The SMILES string of the molecule is C=C(C)CNS(=O)(=O)c1cc(C(=O)O)cc(C)c1C. The maximum Gasteiger partial charge on any atom is 0.335 e. The Morgan fingerprint density at radius 1 is 1.37 bits per heavy atom. The standard InChI is InChI=1S/C13H17NO4S/c1-8(2)7-14-19(17,18)12-6-11(13(15)16)5-9(3)10(12)4/h5-6,14H,1,7H2,2-4H3,(H,15,16). The van der Waals surface area contributed by atoms with E-state index in [4.69, 9.17) is 5.11 Å². The molecule has 0 aliphatic rings. The van der Waals surface area contributed by atoms with Gasteiger partial charge >= 0.3 is 5.97 Å². The van der Waals surface area contributed by atoms with Gasteiger partial charge in [-0.25, -0.2) is 17.9 Å². The summed E-state index contributed by atoms with van der Waals surface area (Å²) in [5.41, 5.74) is 1.79. The van der Waals surface area contributed by atoms with Gasteiger partial charge in [0.05, 0.1) is 10.5 Å². The summed E-state index contributed by atoms with van der Waals surface area (Å²) in [6.45, 7) is 8.77. The van der Waals surface area contributed by atoms with Crippen LogP contribution in [0.1, 0.15) is 28.4 Å². The molecule has 0 heterocycles. The first-order valence-corrected chi connectivity index (χ1v) is 7.12. The van der Waals surface area contributed by atoms with Crippen LogP contribution in [0.5, 0.6) is 0 Å². The first-order valence-electron chi connectivity index (χ1n) is 5.63. The molecular weight excluding hydrogens is 266 g/mol. The minimum absolute atomic E-state index is 0.00819. The molecule has 0 aromatic heterocycles. The van der Waals surface area contributed by atoms with Crippen molar-refractivity contribution in [2.24, 2.45) is 0 Å². The van der Waals surface area contributed by atoms with Crippen LogP contribution in [0.25, 0.3) is 0 Å². The molecule has 0 aliphatic heterocycles. The highest BCUT2D eigenvalue weighted by molar-refractivity contribution is 7.89. The highest BCUT2D eigenvalue weighted by Gasteiger charge is 2.20. The van der Waals surface area contributed by atoms with Crippen molar-refractivity contribution in [3.63, 3.8) is 0 Å². The van der Waals surface area contributed by atoms with E-state index in [-0.39, 0.29) is 17.0 Å². The molecule has 0 aliphatic carbocycles. The summed E-state index contributed by atoms with van der Waals surface area (Å²) >= 11 is 0. The number of carboxylic acid groups (broad SMARTS) is 1. The molecule has 0 atom stereocenters. The summed E-state index contributed by atoms with van der Waals surface area (Å²) in [6.07, 6.45) is 0. The smallest absolute Gasteiger partial charge is 0.335 e. The van der Waals surface area contributed by atoms with Crippen molar-refractivity contribution in [2.45, 2.75) is 25.7 Å². The van der Waals surface area contributed by atoms with E-state index in [2.05, 4.69) is 11.3 Å². The molecule has 2 N–H and O–H groups in total. The number of hydrogen-bond donors (Lipinski definition) is 2. The van der Waals surface area contributed by atoms with E-state index in [9.17, 15) is 13.2 Å². The predicted molar refractivity (Wildman–Crippen MR) is 72.9 cm³/mol. The lowest BCUT2D eigenvalue weighted by Gasteiger charge is -2.12. The molecule has 1 aromatic carbocycles. The van der Waals surface area contributed by atoms with E-state index in [0.29, 0.717) is 16.7 Å². The number of aryl methyl sites for hydroxylation is 1. The number of carbonyl (C=O) groups is 1. The number of benzene rings is 1. The van der Waals surface area contributed by atoms with Crippen LogP contribution < -0.4 is 4.72 Å². The van der Waals surface area contributed by atoms with Crippen molar-refractivity contribution in [3.05, 3.63) is 41.0 Å². The highest BCUT2D eigenvalue weighted by Crippen LogP contribution is 2.21. The van der Waals surface area contributed by atoms with Gasteiger partial charge in [-0.15, -0.1) is 0 Å². The molecule has 0 saturated carbocycles. The zero-order valence-electron chi connectivity index (χ0n) is 11.1. The van der Waals surface area contributed by atoms with E-state index >= 15 is 0 Å². The molecular formula is C13H17NO4S. The normalized spacial score (nSPS) is 11.3. The highest BCUT2D eigenvalue weighted by atomic mass is 32.2. The Labute approximate surface area is 113 Å². The van der Waals surface area contributed by atoms with Gasteiger partial charge in [0.1, 0.15) is 0 Å². The van der Waals surface area contributed by atoms with Crippen LogP contribution >= 0.6 is 0 Å². The summed E-state index contributed by atoms with van der Waals surface area (Å²) in [6, 6.07) is 2.63. The number of hydrogen-bond acceptors (Lipinski definition) is 3. The van der Waals surface area contributed by atoms with Crippen molar-refractivity contribution in [3.8, 4) is 0 Å². The minimum Gasteiger partial charge on any atom is -0.478 e. The van der Waals surface area contributed by atoms with Gasteiger partial charge in [-0.3, -0.25) is 0 Å². The second-order valence-corrected chi connectivity index (χ2v) is 6.24. The van der Waals surface area contributed by atoms with Gasteiger partial charge in [-0.05, 0) is 44.0 Å². The maximum absolute atomic E-state index is 12.1. The molecule has 0 radical (unpaired) electrons. The third kappa shape index (κ3) is 3.65. The van der Waals surface area contributed by atoms with Gasteiger partial charge in [0.15, 0.2) is 0 Å². The molecule has 1 aromatic rings. The van der Waals surface area contributed by atoms with Crippen molar-refractivity contribution >= 4 is 16.0 Å². The number of sulfonamides is 1. The molecule has 0 saturated heterocycles. The lowest BCUT2D eigenvalue weighted by Crippen LogP contribution is -2.26. The third-order valence-electron chi connectivity index (χ3n) is 2.72. The number of aromatic carboxylic acids is 1. The molecule has 104 valence electrons. The molecule has 0 fully saturated rings. The Bertz CT molecular complexity index is 632. The Hall–Kier alpha value is -1.66. The lowest BCUT2D eigenvalue weighted by molar-refractivity contribution is 0.0696. The molecule has 6 heteroatoms. The third-order valence-corrected chi connectivity index (χ3v) is 4.25. The first kappa shape index (κ1) is 15.4. The van der Waals surface area contributed by atoms with Crippen molar-refractivity contribution in [1.29, 1.82) is 0 Å². The van der Waals surface area contributed by atoms with E-state index in [1.54, 1.807) is 20.8 Å². The van der Waals surface area contributed by atoms with Crippen LogP contribution in [0, 0.1) is 13.8 Å². The second kappa shape index (κ2) is 5.54. The summed E-state index contributed by atoms with van der Waals surface area (Å²) in [5, 5.41) is 8.98. The zero-order chi connectivity index (χ0) is 14.8. The van der Waals surface area contributed by atoms with Gasteiger partial charge in [0.25, 0.3) is 0 Å². The van der Waals surface area contributed by atoms with Crippen molar-refractivity contribution < 1.29 is 18.3 Å². The molecule has 0 amide bonds. The van der Waals surface area contributed by atoms with Crippen LogP contribution in [0.2, 0.25) is 0 Å². The summed E-state index contributed by atoms with van der Waals surface area (Å²) < 4.78 is 26.7. The zero-order valence-corrected chi connectivity index (χ0v) is 12.0. The molecule has 0 bridgehead atoms. The fraction of sp³-hybridized carbons (Fsp3) is 0.308. The fourth-order valence-corrected chi connectivity index (χ4v) is 2.96. The van der Waals surface area contributed by atoms with Crippen LogP contribution in [-0.4, -0.2) is 26.0 Å². The molecule has 0 spiro atoms. The van der Waals surface area contributed by atoms with Gasteiger partial charge in [-0.1, -0.05) is 12.2 Å². The maximum atomic E-state index is 12.1. The molecule has 5 nitrogen and oxygen atoms in total. The Balaban J connectivity index is 3.33. The summed E-state index contributed by atoms with van der Waals surface area (Å²) in [5.74, 6) is -1.15. The largest absolute Gasteiger partial charge is 0.478 e. The van der Waals surface area contributed by atoms with Gasteiger partial charge in [0, 0.05) is 6.54 Å². The van der Waals surface area contributed by atoms with E-state index in [0.717, 1.165) is 0 Å². The minimum atomic E-state index is -3.74. The monoisotopic (exact) mass is 283 g/mol. The van der Waals surface area contributed by atoms with Gasteiger partial charge in [-0.2, -0.15) is 0 Å². The van der Waals surface area contributed by atoms with Gasteiger partial charge in [0.2, 0.25) is 10.0 Å². The Kier molecular flexibility index (Phi) is 4.49. The quantitative estimate of drug-likeness (QED) is 0.808. The average Bonchev–Trinajstić information content (AvgIpc) is 2.29. The van der Waals surface area contributed by atoms with Crippen LogP contribution in [0.15, 0.2) is 29.2 Å². The first-order chi connectivity index (χ1) is 8.65. The van der Waals surface area contributed by atoms with E-state index in [1.165, 1.54) is 12.1 Å². The van der Waals surface area contributed by atoms with Crippen molar-refractivity contribution in [1.82, 2.24) is 4.72 Å². The van der Waals surface area contributed by atoms with Gasteiger partial charge < -0.3 is 5.11 Å². The number of carboxylic acids is 1. The average molecular weight is 283 g/mol. The van der Waals surface area contributed by atoms with Crippen LogP contribution in [0.4, 0.5) is 0 Å². The fourth-order valence-electron chi connectivity index (χ4n) is 1.53.